The number of non-ortho nitro benzene ring substituents is 1. The standard InChI is InChI=1S/C22H18ClN3O4/c1-14-5-7-16(8-6-14)21(27)25-17-4-2-3-15(11-17)13-24-22(28)19-12-18(26(29)30)9-10-20(19)23/h2-12H,13H2,1H3,(H,24,28)(H,25,27). The smallest absolute Gasteiger partial charge is 0.270 e. The summed E-state index contributed by atoms with van der Waals surface area (Å²) in [4.78, 5) is 35.1. The number of rotatable bonds is 6. The highest BCUT2D eigenvalue weighted by atomic mass is 35.5. The van der Waals surface area contributed by atoms with E-state index >= 15 is 0 Å². The summed E-state index contributed by atoms with van der Waals surface area (Å²) in [6, 6.07) is 17.9. The van der Waals surface area contributed by atoms with Crippen molar-refractivity contribution in [2.45, 2.75) is 13.5 Å². The zero-order valence-corrected chi connectivity index (χ0v) is 16.8. The molecule has 8 heteroatoms. The molecule has 3 rings (SSSR count). The lowest BCUT2D eigenvalue weighted by molar-refractivity contribution is -0.384. The van der Waals surface area contributed by atoms with Crippen LogP contribution in [0.5, 0.6) is 0 Å². The predicted octanol–water partition coefficient (Wildman–Crippen LogP) is 4.74. The van der Waals surface area contributed by atoms with Crippen LogP contribution in [0.4, 0.5) is 11.4 Å². The van der Waals surface area contributed by atoms with Crippen molar-refractivity contribution >= 4 is 34.8 Å². The number of nitrogens with one attached hydrogen (secondary N) is 2. The fourth-order valence-electron chi connectivity index (χ4n) is 2.75. The van der Waals surface area contributed by atoms with E-state index in [-0.39, 0.29) is 28.7 Å². The number of halogens is 1. The Bertz CT molecular complexity index is 1110. The first-order valence-electron chi connectivity index (χ1n) is 9.02. The molecule has 0 spiro atoms. The number of carbonyl (C=O) groups excluding carboxylic acids is 2. The average molecular weight is 424 g/mol. The van der Waals surface area contributed by atoms with Gasteiger partial charge in [-0.3, -0.25) is 19.7 Å². The first kappa shape index (κ1) is 21.0. The minimum atomic E-state index is -0.590. The van der Waals surface area contributed by atoms with Gasteiger partial charge in [-0.15, -0.1) is 0 Å². The van der Waals surface area contributed by atoms with Crippen LogP contribution >= 0.6 is 11.6 Å². The van der Waals surface area contributed by atoms with Crippen LogP contribution in [0.2, 0.25) is 5.02 Å². The molecule has 0 atom stereocenters. The Morgan fingerprint density at radius 2 is 1.73 bits per heavy atom. The van der Waals surface area contributed by atoms with Gasteiger partial charge in [0.15, 0.2) is 0 Å². The number of aryl methyl sites for hydroxylation is 1. The molecule has 0 heterocycles. The molecular formula is C22H18ClN3O4. The molecule has 3 aromatic carbocycles. The van der Waals surface area contributed by atoms with Crippen molar-refractivity contribution in [3.8, 4) is 0 Å². The molecule has 0 aliphatic carbocycles. The van der Waals surface area contributed by atoms with Crippen LogP contribution in [0, 0.1) is 17.0 Å². The molecule has 0 bridgehead atoms. The topological polar surface area (TPSA) is 101 Å². The zero-order valence-electron chi connectivity index (χ0n) is 16.0. The maximum Gasteiger partial charge on any atom is 0.270 e. The molecule has 0 radical (unpaired) electrons. The summed E-state index contributed by atoms with van der Waals surface area (Å²) in [5, 5.41) is 16.5. The SMILES string of the molecule is Cc1ccc(C(=O)Nc2cccc(CNC(=O)c3cc([N+](=O)[O-])ccc3Cl)c2)cc1. The molecule has 0 aliphatic rings. The molecular weight excluding hydrogens is 406 g/mol. The maximum absolute atomic E-state index is 12.4. The number of hydrogen-bond acceptors (Lipinski definition) is 4. The Labute approximate surface area is 177 Å². The molecule has 7 nitrogen and oxygen atoms in total. The number of amides is 2. The van der Waals surface area contributed by atoms with E-state index in [1.54, 1.807) is 36.4 Å². The van der Waals surface area contributed by atoms with E-state index in [0.717, 1.165) is 17.2 Å². The number of nitro groups is 1. The Kier molecular flexibility index (Phi) is 6.44. The van der Waals surface area contributed by atoms with Gasteiger partial charge in [-0.25, -0.2) is 0 Å². The number of benzene rings is 3. The summed E-state index contributed by atoms with van der Waals surface area (Å²) in [5.41, 5.74) is 2.74. The Balaban J connectivity index is 1.66. The first-order chi connectivity index (χ1) is 14.3. The zero-order chi connectivity index (χ0) is 21.7. The lowest BCUT2D eigenvalue weighted by Gasteiger charge is -2.10. The quantitative estimate of drug-likeness (QED) is 0.441. The van der Waals surface area contributed by atoms with E-state index in [2.05, 4.69) is 10.6 Å². The second-order valence-electron chi connectivity index (χ2n) is 6.62. The highest BCUT2D eigenvalue weighted by Crippen LogP contribution is 2.22. The Morgan fingerprint density at radius 1 is 1.00 bits per heavy atom. The van der Waals surface area contributed by atoms with E-state index < -0.39 is 10.8 Å². The van der Waals surface area contributed by atoms with E-state index in [1.807, 2.05) is 19.1 Å². The van der Waals surface area contributed by atoms with Gasteiger partial charge < -0.3 is 10.6 Å². The second kappa shape index (κ2) is 9.19. The van der Waals surface area contributed by atoms with Crippen LogP contribution in [-0.4, -0.2) is 16.7 Å². The third-order valence-electron chi connectivity index (χ3n) is 4.36. The van der Waals surface area contributed by atoms with Crippen LogP contribution in [0.3, 0.4) is 0 Å². The molecule has 0 saturated heterocycles. The average Bonchev–Trinajstić information content (AvgIpc) is 2.73. The number of nitrogens with zero attached hydrogens (tertiary/aromatic N) is 1. The fourth-order valence-corrected chi connectivity index (χ4v) is 2.95. The molecule has 0 aromatic heterocycles. The van der Waals surface area contributed by atoms with Crippen LogP contribution in [-0.2, 0) is 6.54 Å². The van der Waals surface area contributed by atoms with Gasteiger partial charge in [-0.1, -0.05) is 41.4 Å². The van der Waals surface area contributed by atoms with Crippen molar-refractivity contribution in [3.63, 3.8) is 0 Å². The van der Waals surface area contributed by atoms with E-state index in [9.17, 15) is 19.7 Å². The highest BCUT2D eigenvalue weighted by molar-refractivity contribution is 6.33. The van der Waals surface area contributed by atoms with Crippen molar-refractivity contribution in [3.05, 3.63) is 104 Å². The largest absolute Gasteiger partial charge is 0.348 e. The molecule has 0 aliphatic heterocycles. The van der Waals surface area contributed by atoms with Gasteiger partial charge in [0.1, 0.15) is 0 Å². The lowest BCUT2D eigenvalue weighted by atomic mass is 10.1. The van der Waals surface area contributed by atoms with Gasteiger partial charge >= 0.3 is 0 Å². The van der Waals surface area contributed by atoms with Gasteiger partial charge in [0.25, 0.3) is 17.5 Å². The van der Waals surface area contributed by atoms with E-state index in [4.69, 9.17) is 11.6 Å². The van der Waals surface area contributed by atoms with Gasteiger partial charge in [-0.05, 0) is 42.8 Å². The third kappa shape index (κ3) is 5.21. The van der Waals surface area contributed by atoms with Crippen molar-refractivity contribution < 1.29 is 14.5 Å². The fraction of sp³-hybridized carbons (Fsp3) is 0.0909. The lowest BCUT2D eigenvalue weighted by Crippen LogP contribution is -2.23. The summed E-state index contributed by atoms with van der Waals surface area (Å²) in [6.07, 6.45) is 0. The molecule has 152 valence electrons. The summed E-state index contributed by atoms with van der Waals surface area (Å²) < 4.78 is 0. The molecule has 0 fully saturated rings. The molecule has 2 amide bonds. The summed E-state index contributed by atoms with van der Waals surface area (Å²) in [6.45, 7) is 2.10. The molecule has 0 saturated carbocycles. The highest BCUT2D eigenvalue weighted by Gasteiger charge is 2.15. The number of hydrogen-bond donors (Lipinski definition) is 2. The molecule has 30 heavy (non-hydrogen) atoms. The minimum Gasteiger partial charge on any atom is -0.348 e. The number of carbonyl (C=O) groups is 2. The molecule has 2 N–H and O–H groups in total. The third-order valence-corrected chi connectivity index (χ3v) is 4.69. The van der Waals surface area contributed by atoms with E-state index in [0.29, 0.717) is 11.3 Å². The molecule has 3 aromatic rings. The Morgan fingerprint density at radius 3 is 2.43 bits per heavy atom. The van der Waals surface area contributed by atoms with Gasteiger partial charge in [0.05, 0.1) is 15.5 Å². The number of nitro benzene ring substituents is 1. The summed E-state index contributed by atoms with van der Waals surface area (Å²) >= 11 is 6.00. The first-order valence-corrected chi connectivity index (χ1v) is 9.40. The predicted molar refractivity (Wildman–Crippen MR) is 115 cm³/mol. The minimum absolute atomic E-state index is 0.0229. The molecule has 0 unspecified atom stereocenters. The van der Waals surface area contributed by atoms with Crippen molar-refractivity contribution in [2.24, 2.45) is 0 Å². The van der Waals surface area contributed by atoms with Gasteiger partial charge in [-0.2, -0.15) is 0 Å². The van der Waals surface area contributed by atoms with Crippen molar-refractivity contribution in [1.29, 1.82) is 0 Å². The Hall–Kier alpha value is -3.71. The van der Waals surface area contributed by atoms with E-state index in [1.165, 1.54) is 12.1 Å². The summed E-state index contributed by atoms with van der Waals surface area (Å²) in [5.74, 6) is -0.766. The second-order valence-corrected chi connectivity index (χ2v) is 7.03. The maximum atomic E-state index is 12.4. The number of anilines is 1. The van der Waals surface area contributed by atoms with Crippen LogP contribution < -0.4 is 10.6 Å². The van der Waals surface area contributed by atoms with Crippen LogP contribution in [0.25, 0.3) is 0 Å². The summed E-state index contributed by atoms with van der Waals surface area (Å²) in [7, 11) is 0. The van der Waals surface area contributed by atoms with Gasteiger partial charge in [0, 0.05) is 29.9 Å². The van der Waals surface area contributed by atoms with Crippen molar-refractivity contribution in [1.82, 2.24) is 5.32 Å². The monoisotopic (exact) mass is 423 g/mol. The van der Waals surface area contributed by atoms with Crippen LogP contribution in [0.1, 0.15) is 31.8 Å². The van der Waals surface area contributed by atoms with Crippen LogP contribution in [0.15, 0.2) is 66.7 Å². The van der Waals surface area contributed by atoms with Gasteiger partial charge in [0.2, 0.25) is 0 Å². The normalized spacial score (nSPS) is 10.3. The van der Waals surface area contributed by atoms with Crippen molar-refractivity contribution in [2.75, 3.05) is 5.32 Å².